The van der Waals surface area contributed by atoms with E-state index in [2.05, 4.69) is 15.4 Å². The number of fused-ring (bicyclic) bond motifs is 3. The molecule has 0 aliphatic carbocycles. The molecule has 5 rings (SSSR count). The first-order valence-corrected chi connectivity index (χ1v) is 8.37. The standard InChI is InChI=1S/C16H11N3O2S/c20-22(21)14-7-3-4-9-15(14)12(19-22)8-13-16(9)18-11-6-2-1-5-10(11)17-13/h1-8,17-19H. The Balaban J connectivity index is 1.86. The van der Waals surface area contributed by atoms with Gasteiger partial charge in [0.15, 0.2) is 0 Å². The highest BCUT2D eigenvalue weighted by molar-refractivity contribution is 7.93. The Morgan fingerprint density at radius 3 is 2.36 bits per heavy atom. The number of benzene rings is 3. The van der Waals surface area contributed by atoms with E-state index in [1.54, 1.807) is 12.1 Å². The molecule has 0 bridgehead atoms. The molecule has 3 aromatic carbocycles. The zero-order valence-corrected chi connectivity index (χ0v) is 12.2. The van der Waals surface area contributed by atoms with Crippen LogP contribution in [0.5, 0.6) is 0 Å². The van der Waals surface area contributed by atoms with Crippen molar-refractivity contribution in [1.29, 1.82) is 0 Å². The third-order valence-electron chi connectivity index (χ3n) is 4.11. The van der Waals surface area contributed by atoms with Crippen LogP contribution in [0.3, 0.4) is 0 Å². The van der Waals surface area contributed by atoms with E-state index < -0.39 is 10.0 Å². The molecular weight excluding hydrogens is 298 g/mol. The van der Waals surface area contributed by atoms with Gasteiger partial charge in [0.25, 0.3) is 10.0 Å². The minimum absolute atomic E-state index is 0.337. The molecule has 0 unspecified atom stereocenters. The highest BCUT2D eigenvalue weighted by atomic mass is 32.2. The van der Waals surface area contributed by atoms with Crippen molar-refractivity contribution in [3.63, 3.8) is 0 Å². The molecule has 108 valence electrons. The van der Waals surface area contributed by atoms with Gasteiger partial charge >= 0.3 is 0 Å². The molecule has 6 heteroatoms. The molecule has 2 heterocycles. The Labute approximate surface area is 127 Å². The number of sulfonamides is 1. The molecule has 0 radical (unpaired) electrons. The topological polar surface area (TPSA) is 70.2 Å². The van der Waals surface area contributed by atoms with Crippen LogP contribution >= 0.6 is 0 Å². The summed E-state index contributed by atoms with van der Waals surface area (Å²) in [7, 11) is -3.46. The van der Waals surface area contributed by atoms with Crippen LogP contribution in [-0.4, -0.2) is 8.42 Å². The molecule has 0 aromatic heterocycles. The number of anilines is 5. The van der Waals surface area contributed by atoms with E-state index in [0.29, 0.717) is 10.6 Å². The Morgan fingerprint density at radius 2 is 1.55 bits per heavy atom. The van der Waals surface area contributed by atoms with Crippen LogP contribution in [0.4, 0.5) is 28.4 Å². The van der Waals surface area contributed by atoms with Gasteiger partial charge in [-0.25, -0.2) is 8.42 Å². The van der Waals surface area contributed by atoms with E-state index in [1.165, 1.54) is 0 Å². The van der Waals surface area contributed by atoms with Crippen LogP contribution in [0.1, 0.15) is 0 Å². The molecule has 0 atom stereocenters. The Hall–Kier alpha value is -2.73. The van der Waals surface area contributed by atoms with Crippen molar-refractivity contribution in [3.05, 3.63) is 48.5 Å². The van der Waals surface area contributed by atoms with Crippen LogP contribution in [-0.2, 0) is 10.0 Å². The zero-order chi connectivity index (χ0) is 14.9. The first-order valence-electron chi connectivity index (χ1n) is 6.89. The third-order valence-corrected chi connectivity index (χ3v) is 5.52. The Morgan fingerprint density at radius 1 is 0.773 bits per heavy atom. The van der Waals surface area contributed by atoms with Crippen LogP contribution in [0.15, 0.2) is 53.4 Å². The predicted molar refractivity (Wildman–Crippen MR) is 87.8 cm³/mol. The second kappa shape index (κ2) is 3.72. The van der Waals surface area contributed by atoms with Gasteiger partial charge < -0.3 is 10.6 Å². The monoisotopic (exact) mass is 309 g/mol. The fourth-order valence-electron chi connectivity index (χ4n) is 3.17. The average molecular weight is 309 g/mol. The van der Waals surface area contributed by atoms with Crippen LogP contribution in [0.25, 0.3) is 10.8 Å². The van der Waals surface area contributed by atoms with Crippen molar-refractivity contribution < 1.29 is 8.42 Å². The molecule has 0 spiro atoms. The maximum atomic E-state index is 12.2. The predicted octanol–water partition coefficient (Wildman–Crippen LogP) is 3.75. The number of nitrogens with one attached hydrogen (secondary N) is 3. The maximum absolute atomic E-state index is 12.2. The summed E-state index contributed by atoms with van der Waals surface area (Å²) in [4.78, 5) is 0.337. The minimum Gasteiger partial charge on any atom is -0.352 e. The largest absolute Gasteiger partial charge is 0.352 e. The average Bonchev–Trinajstić information content (AvgIpc) is 2.78. The number of rotatable bonds is 0. The van der Waals surface area contributed by atoms with Crippen molar-refractivity contribution in [2.45, 2.75) is 4.90 Å². The number of hydrogen-bond acceptors (Lipinski definition) is 4. The van der Waals surface area contributed by atoms with Crippen LogP contribution in [0, 0.1) is 0 Å². The quantitative estimate of drug-likeness (QED) is 0.462. The molecule has 0 fully saturated rings. The third kappa shape index (κ3) is 1.39. The van der Waals surface area contributed by atoms with Gasteiger partial charge in [-0.1, -0.05) is 24.3 Å². The van der Waals surface area contributed by atoms with Gasteiger partial charge in [-0.2, -0.15) is 0 Å². The van der Waals surface area contributed by atoms with E-state index in [9.17, 15) is 8.42 Å². The Bertz CT molecular complexity index is 1070. The van der Waals surface area contributed by atoms with Crippen molar-refractivity contribution in [3.8, 4) is 0 Å². The lowest BCUT2D eigenvalue weighted by atomic mass is 10.0. The second-order valence-corrected chi connectivity index (χ2v) is 7.08. The maximum Gasteiger partial charge on any atom is 0.262 e. The SMILES string of the molecule is O=S1(=O)Nc2cc3c(c4cccc1c24)Nc1ccccc1N3. The molecule has 2 aliphatic heterocycles. The molecular formula is C16H11N3O2S. The molecule has 2 aliphatic rings. The number of para-hydroxylation sites is 2. The van der Waals surface area contributed by atoms with Crippen molar-refractivity contribution >= 4 is 49.2 Å². The van der Waals surface area contributed by atoms with E-state index >= 15 is 0 Å². The fourth-order valence-corrected chi connectivity index (χ4v) is 4.48. The molecule has 3 aromatic rings. The molecule has 22 heavy (non-hydrogen) atoms. The highest BCUT2D eigenvalue weighted by Crippen LogP contribution is 2.48. The van der Waals surface area contributed by atoms with Gasteiger partial charge in [0.2, 0.25) is 0 Å². The molecule has 0 amide bonds. The summed E-state index contributed by atoms with van der Waals surface area (Å²) in [5.41, 5.74) is 4.34. The highest BCUT2D eigenvalue weighted by Gasteiger charge is 2.30. The normalized spacial score (nSPS) is 16.2. The molecule has 5 nitrogen and oxygen atoms in total. The lowest BCUT2D eigenvalue weighted by molar-refractivity contribution is 0.603. The number of hydrogen-bond donors (Lipinski definition) is 3. The summed E-state index contributed by atoms with van der Waals surface area (Å²) in [5, 5.41) is 8.40. The second-order valence-electron chi connectivity index (χ2n) is 5.43. The van der Waals surface area contributed by atoms with Crippen molar-refractivity contribution in [2.24, 2.45) is 0 Å². The first-order chi connectivity index (χ1) is 10.6. The summed E-state index contributed by atoms with van der Waals surface area (Å²) in [5.74, 6) is 0. The summed E-state index contributed by atoms with van der Waals surface area (Å²) in [6, 6.07) is 15.1. The lowest BCUT2D eigenvalue weighted by Gasteiger charge is -2.24. The van der Waals surface area contributed by atoms with Gasteiger partial charge in [-0.3, -0.25) is 4.72 Å². The van der Waals surface area contributed by atoms with Crippen molar-refractivity contribution in [1.82, 2.24) is 0 Å². The van der Waals surface area contributed by atoms with Crippen LogP contribution in [0.2, 0.25) is 0 Å². The van der Waals surface area contributed by atoms with Crippen LogP contribution < -0.4 is 15.4 Å². The molecule has 0 saturated carbocycles. The first kappa shape index (κ1) is 11.9. The van der Waals surface area contributed by atoms with Gasteiger partial charge in [0, 0.05) is 10.8 Å². The zero-order valence-electron chi connectivity index (χ0n) is 11.3. The van der Waals surface area contributed by atoms with E-state index in [0.717, 1.165) is 33.5 Å². The lowest BCUT2D eigenvalue weighted by Crippen LogP contribution is -2.07. The van der Waals surface area contributed by atoms with Crippen molar-refractivity contribution in [2.75, 3.05) is 15.4 Å². The van der Waals surface area contributed by atoms with Gasteiger partial charge in [-0.15, -0.1) is 0 Å². The summed E-state index contributed by atoms with van der Waals surface area (Å²) >= 11 is 0. The van der Waals surface area contributed by atoms with E-state index in [4.69, 9.17) is 0 Å². The summed E-state index contributed by atoms with van der Waals surface area (Å²) in [6.45, 7) is 0. The summed E-state index contributed by atoms with van der Waals surface area (Å²) < 4.78 is 27.1. The molecule has 0 saturated heterocycles. The fraction of sp³-hybridized carbons (Fsp3) is 0. The molecule has 3 N–H and O–H groups in total. The van der Waals surface area contributed by atoms with Gasteiger partial charge in [0.1, 0.15) is 0 Å². The minimum atomic E-state index is -3.46. The van der Waals surface area contributed by atoms with Gasteiger partial charge in [0.05, 0.1) is 33.3 Å². The van der Waals surface area contributed by atoms with E-state index in [-0.39, 0.29) is 0 Å². The van der Waals surface area contributed by atoms with E-state index in [1.807, 2.05) is 36.4 Å². The smallest absolute Gasteiger partial charge is 0.262 e. The Kier molecular flexibility index (Phi) is 2.01. The summed E-state index contributed by atoms with van der Waals surface area (Å²) in [6.07, 6.45) is 0. The van der Waals surface area contributed by atoms with Gasteiger partial charge in [-0.05, 0) is 24.3 Å².